The van der Waals surface area contributed by atoms with Crippen LogP contribution in [0.25, 0.3) is 10.9 Å². The summed E-state index contributed by atoms with van der Waals surface area (Å²) in [4.78, 5) is 19.4. The van der Waals surface area contributed by atoms with Crippen LogP contribution in [0.4, 0.5) is 5.69 Å². The van der Waals surface area contributed by atoms with Crippen molar-refractivity contribution in [3.05, 3.63) is 71.9 Å². The fraction of sp³-hybridized carbons (Fsp3) is 0.304. The monoisotopic (exact) mass is 374 g/mol. The van der Waals surface area contributed by atoms with E-state index in [-0.39, 0.29) is 5.91 Å². The highest BCUT2D eigenvalue weighted by Gasteiger charge is 2.19. The predicted molar refractivity (Wildman–Crippen MR) is 113 cm³/mol. The van der Waals surface area contributed by atoms with Gasteiger partial charge in [-0.25, -0.2) is 0 Å². The van der Waals surface area contributed by atoms with Crippen molar-refractivity contribution in [3.63, 3.8) is 0 Å². The van der Waals surface area contributed by atoms with Crippen LogP contribution in [0.15, 0.2) is 60.8 Å². The molecule has 5 nitrogen and oxygen atoms in total. The zero-order valence-electron chi connectivity index (χ0n) is 16.2. The summed E-state index contributed by atoms with van der Waals surface area (Å²) in [5.41, 5.74) is 3.56. The molecule has 28 heavy (non-hydrogen) atoms. The number of amides is 1. The van der Waals surface area contributed by atoms with Crippen molar-refractivity contribution in [2.75, 3.05) is 25.5 Å². The number of nitrogens with zero attached hydrogens (tertiary/aromatic N) is 2. The van der Waals surface area contributed by atoms with Gasteiger partial charge in [-0.05, 0) is 55.8 Å². The Bertz CT molecular complexity index is 951. The smallest absolute Gasteiger partial charge is 0.256 e. The molecular formula is C23H26N4O. The number of carbonyl (C=O) groups is 1. The molecule has 1 saturated heterocycles. The topological polar surface area (TPSA) is 57.3 Å². The Kier molecular flexibility index (Phi) is 5.53. The third-order valence-corrected chi connectivity index (χ3v) is 5.31. The molecule has 5 heteroatoms. The van der Waals surface area contributed by atoms with Gasteiger partial charge in [0.15, 0.2) is 0 Å². The highest BCUT2D eigenvalue weighted by molar-refractivity contribution is 6.08. The van der Waals surface area contributed by atoms with Gasteiger partial charge in [-0.1, -0.05) is 30.3 Å². The van der Waals surface area contributed by atoms with Crippen molar-refractivity contribution in [2.24, 2.45) is 0 Å². The molecule has 0 radical (unpaired) electrons. The molecule has 1 fully saturated rings. The Morgan fingerprint density at radius 2 is 1.89 bits per heavy atom. The molecular weight excluding hydrogens is 348 g/mol. The minimum absolute atomic E-state index is 0.0130. The molecule has 0 atom stereocenters. The van der Waals surface area contributed by atoms with Crippen molar-refractivity contribution in [2.45, 2.75) is 25.4 Å². The van der Waals surface area contributed by atoms with Gasteiger partial charge >= 0.3 is 0 Å². The maximum atomic E-state index is 13.1. The van der Waals surface area contributed by atoms with Crippen LogP contribution >= 0.6 is 0 Å². The number of anilines is 1. The van der Waals surface area contributed by atoms with Crippen LogP contribution in [-0.2, 0) is 6.54 Å². The van der Waals surface area contributed by atoms with Crippen molar-refractivity contribution in [1.29, 1.82) is 0 Å². The number of carbonyl (C=O) groups excluding carboxylic acids is 1. The number of piperidine rings is 1. The fourth-order valence-corrected chi connectivity index (χ4v) is 3.79. The summed E-state index contributed by atoms with van der Waals surface area (Å²) >= 11 is 0. The lowest BCUT2D eigenvalue weighted by Gasteiger charge is -2.26. The van der Waals surface area contributed by atoms with E-state index < -0.39 is 0 Å². The summed E-state index contributed by atoms with van der Waals surface area (Å²) in [5.74, 6) is -0.0130. The van der Waals surface area contributed by atoms with E-state index in [4.69, 9.17) is 0 Å². The molecule has 2 aromatic carbocycles. The molecule has 0 spiro atoms. The molecule has 0 aliphatic carbocycles. The average molecular weight is 374 g/mol. The average Bonchev–Trinajstić information content (AvgIpc) is 2.75. The van der Waals surface area contributed by atoms with Crippen LogP contribution in [0.1, 0.15) is 28.8 Å². The Hall–Kier alpha value is -2.92. The van der Waals surface area contributed by atoms with Gasteiger partial charge < -0.3 is 15.5 Å². The Morgan fingerprint density at radius 3 is 2.68 bits per heavy atom. The van der Waals surface area contributed by atoms with Gasteiger partial charge in [0.25, 0.3) is 5.91 Å². The second-order valence-electron chi connectivity index (χ2n) is 7.38. The van der Waals surface area contributed by atoms with Crippen molar-refractivity contribution < 1.29 is 4.79 Å². The lowest BCUT2D eigenvalue weighted by Crippen LogP contribution is -2.35. The van der Waals surface area contributed by atoms with E-state index in [1.54, 1.807) is 11.1 Å². The van der Waals surface area contributed by atoms with Crippen molar-refractivity contribution in [3.8, 4) is 0 Å². The maximum absolute atomic E-state index is 13.1. The number of pyridine rings is 1. The second kappa shape index (κ2) is 8.40. The summed E-state index contributed by atoms with van der Waals surface area (Å²) in [6.45, 7) is 2.65. The van der Waals surface area contributed by atoms with Crippen LogP contribution < -0.4 is 10.6 Å². The first kappa shape index (κ1) is 18.4. The summed E-state index contributed by atoms with van der Waals surface area (Å²) in [6.07, 6.45) is 3.95. The third kappa shape index (κ3) is 3.99. The highest BCUT2D eigenvalue weighted by atomic mass is 16.2. The first-order chi connectivity index (χ1) is 13.7. The molecule has 1 aliphatic rings. The second-order valence-corrected chi connectivity index (χ2v) is 7.38. The van der Waals surface area contributed by atoms with E-state index >= 15 is 0 Å². The number of aromatic nitrogens is 1. The van der Waals surface area contributed by atoms with E-state index in [1.165, 1.54) is 0 Å². The number of benzene rings is 2. The molecule has 3 aromatic rings. The van der Waals surface area contributed by atoms with E-state index in [0.29, 0.717) is 18.2 Å². The van der Waals surface area contributed by atoms with Gasteiger partial charge in [0.05, 0.1) is 11.1 Å². The summed E-state index contributed by atoms with van der Waals surface area (Å²) in [5, 5.41) is 8.05. The molecule has 144 valence electrons. The van der Waals surface area contributed by atoms with Crippen LogP contribution in [0.5, 0.6) is 0 Å². The third-order valence-electron chi connectivity index (χ3n) is 5.31. The Balaban J connectivity index is 1.60. The standard InChI is InChI=1S/C23H26N4O/c1-27(16-17-6-3-2-4-7-17)23(28)20-9-10-21(19-8-5-13-25-22(19)20)26-18-11-14-24-15-12-18/h2-10,13,18,24,26H,11-12,14-16H2,1H3. The lowest BCUT2D eigenvalue weighted by molar-refractivity contribution is 0.0787. The van der Waals surface area contributed by atoms with Gasteiger partial charge in [-0.15, -0.1) is 0 Å². The number of fused-ring (bicyclic) bond motifs is 1. The Labute approximate surface area is 165 Å². The first-order valence-corrected chi connectivity index (χ1v) is 9.87. The van der Waals surface area contributed by atoms with Crippen molar-refractivity contribution in [1.82, 2.24) is 15.2 Å². The van der Waals surface area contributed by atoms with E-state index in [0.717, 1.165) is 48.1 Å². The first-order valence-electron chi connectivity index (χ1n) is 9.87. The molecule has 1 aromatic heterocycles. The fourth-order valence-electron chi connectivity index (χ4n) is 3.79. The van der Waals surface area contributed by atoms with Gasteiger partial charge in [-0.3, -0.25) is 9.78 Å². The Morgan fingerprint density at radius 1 is 1.11 bits per heavy atom. The predicted octanol–water partition coefficient (Wildman–Crippen LogP) is 3.67. The van der Waals surface area contributed by atoms with E-state index in [2.05, 4.69) is 15.6 Å². The molecule has 0 bridgehead atoms. The number of hydrogen-bond acceptors (Lipinski definition) is 4. The van der Waals surface area contributed by atoms with Crippen LogP contribution in [0.2, 0.25) is 0 Å². The molecule has 2 heterocycles. The largest absolute Gasteiger partial charge is 0.382 e. The van der Waals surface area contributed by atoms with Crippen molar-refractivity contribution >= 4 is 22.5 Å². The molecule has 1 aliphatic heterocycles. The van der Waals surface area contributed by atoms with Gasteiger partial charge in [-0.2, -0.15) is 0 Å². The summed E-state index contributed by atoms with van der Waals surface area (Å²) in [6, 6.07) is 18.4. The van der Waals surface area contributed by atoms with E-state index in [1.807, 2.05) is 61.6 Å². The molecule has 4 rings (SSSR count). The molecule has 2 N–H and O–H groups in total. The minimum Gasteiger partial charge on any atom is -0.382 e. The minimum atomic E-state index is -0.0130. The normalized spacial score (nSPS) is 14.8. The molecule has 1 amide bonds. The zero-order chi connectivity index (χ0) is 19.3. The lowest BCUT2D eigenvalue weighted by atomic mass is 10.0. The number of nitrogens with one attached hydrogen (secondary N) is 2. The van der Waals surface area contributed by atoms with Crippen LogP contribution in [0, 0.1) is 0 Å². The van der Waals surface area contributed by atoms with Crippen LogP contribution in [-0.4, -0.2) is 42.0 Å². The highest BCUT2D eigenvalue weighted by Crippen LogP contribution is 2.27. The quantitative estimate of drug-likeness (QED) is 0.715. The maximum Gasteiger partial charge on any atom is 0.256 e. The van der Waals surface area contributed by atoms with Crippen LogP contribution in [0.3, 0.4) is 0 Å². The molecule has 0 saturated carbocycles. The van der Waals surface area contributed by atoms with Gasteiger partial charge in [0, 0.05) is 36.9 Å². The van der Waals surface area contributed by atoms with E-state index in [9.17, 15) is 4.79 Å². The summed E-state index contributed by atoms with van der Waals surface area (Å²) < 4.78 is 0. The van der Waals surface area contributed by atoms with Gasteiger partial charge in [0.2, 0.25) is 0 Å². The zero-order valence-corrected chi connectivity index (χ0v) is 16.2. The van der Waals surface area contributed by atoms with Gasteiger partial charge in [0.1, 0.15) is 0 Å². The number of rotatable bonds is 5. The molecule has 0 unspecified atom stereocenters. The SMILES string of the molecule is CN(Cc1ccccc1)C(=O)c1ccc(NC2CCNCC2)c2cccnc12. The number of hydrogen-bond donors (Lipinski definition) is 2. The summed E-state index contributed by atoms with van der Waals surface area (Å²) in [7, 11) is 1.84.